The van der Waals surface area contributed by atoms with Gasteiger partial charge in [-0.3, -0.25) is 0 Å². The van der Waals surface area contributed by atoms with E-state index in [1.807, 2.05) is 13.0 Å². The fraction of sp³-hybridized carbons (Fsp3) is 0.286. The second kappa shape index (κ2) is 8.92. The molecule has 0 N–H and O–H groups in total. The van der Waals surface area contributed by atoms with Crippen molar-refractivity contribution in [3.05, 3.63) is 78.6 Å². The molecule has 1 unspecified atom stereocenters. The van der Waals surface area contributed by atoms with Gasteiger partial charge in [0.25, 0.3) is 0 Å². The molecule has 1 aromatic rings. The third-order valence-electron chi connectivity index (χ3n) is 3.99. The number of carbonyl (C=O) groups is 1. The smallest absolute Gasteiger partial charge is 0.330 e. The van der Waals surface area contributed by atoms with Crippen LogP contribution in [0.5, 0.6) is 0 Å². The van der Waals surface area contributed by atoms with Crippen LogP contribution in [0, 0.1) is 0 Å². The van der Waals surface area contributed by atoms with E-state index in [4.69, 9.17) is 9.47 Å². The Morgan fingerprint density at radius 1 is 1.21 bits per heavy atom. The van der Waals surface area contributed by atoms with Crippen LogP contribution in [0.25, 0.3) is 5.57 Å². The molecule has 3 nitrogen and oxygen atoms in total. The van der Waals surface area contributed by atoms with E-state index in [2.05, 4.69) is 43.5 Å². The average Bonchev–Trinajstić information content (AvgIpc) is 2.64. The van der Waals surface area contributed by atoms with Gasteiger partial charge in [-0.25, -0.2) is 4.79 Å². The highest BCUT2D eigenvalue weighted by Gasteiger charge is 2.11. The summed E-state index contributed by atoms with van der Waals surface area (Å²) in [6, 6.07) is 8.43. The Labute approximate surface area is 144 Å². The fourth-order valence-corrected chi connectivity index (χ4v) is 2.53. The number of ether oxygens (including phenoxy) is 2. The first-order valence-corrected chi connectivity index (χ1v) is 8.17. The summed E-state index contributed by atoms with van der Waals surface area (Å²) >= 11 is 0. The van der Waals surface area contributed by atoms with Crippen molar-refractivity contribution in [3.63, 3.8) is 0 Å². The van der Waals surface area contributed by atoms with Crippen molar-refractivity contribution in [2.75, 3.05) is 13.2 Å². The number of allylic oxidation sites excluding steroid dienone is 4. The molecule has 3 heteroatoms. The van der Waals surface area contributed by atoms with Gasteiger partial charge in [0.2, 0.25) is 0 Å². The molecule has 0 aromatic heterocycles. The van der Waals surface area contributed by atoms with Gasteiger partial charge in [0.15, 0.2) is 0 Å². The Balaban J connectivity index is 1.98. The Morgan fingerprint density at radius 3 is 2.54 bits per heavy atom. The Kier molecular flexibility index (Phi) is 6.62. The summed E-state index contributed by atoms with van der Waals surface area (Å²) in [5, 5.41) is 0. The lowest BCUT2D eigenvalue weighted by molar-refractivity contribution is -0.138. The Bertz CT molecular complexity index is 650. The van der Waals surface area contributed by atoms with Crippen LogP contribution >= 0.6 is 0 Å². The summed E-state index contributed by atoms with van der Waals surface area (Å²) in [5.74, 6) is 0.780. The number of hydrogen-bond donors (Lipinski definition) is 0. The molecule has 0 spiro atoms. The summed E-state index contributed by atoms with van der Waals surface area (Å²) < 4.78 is 10.7. The normalized spacial score (nSPS) is 14.9. The van der Waals surface area contributed by atoms with Crippen molar-refractivity contribution in [3.8, 4) is 0 Å². The molecule has 0 bridgehead atoms. The fourth-order valence-electron chi connectivity index (χ4n) is 2.53. The molecule has 1 aliphatic carbocycles. The molecule has 126 valence electrons. The maximum absolute atomic E-state index is 11.1. The molecule has 0 fully saturated rings. The lowest BCUT2D eigenvalue weighted by atomic mass is 9.94. The van der Waals surface area contributed by atoms with Crippen molar-refractivity contribution >= 4 is 11.5 Å². The zero-order valence-corrected chi connectivity index (χ0v) is 14.2. The van der Waals surface area contributed by atoms with Gasteiger partial charge in [0.05, 0.1) is 12.4 Å². The molecular formula is C21H24O3. The summed E-state index contributed by atoms with van der Waals surface area (Å²) in [7, 11) is 0. The Hall–Kier alpha value is -2.55. The zero-order valence-electron chi connectivity index (χ0n) is 14.2. The third kappa shape index (κ3) is 4.98. The van der Waals surface area contributed by atoms with Crippen LogP contribution in [0.15, 0.2) is 67.5 Å². The minimum Gasteiger partial charge on any atom is -0.494 e. The lowest BCUT2D eigenvalue weighted by Crippen LogP contribution is -2.08. The molecule has 0 saturated heterocycles. The zero-order chi connectivity index (χ0) is 17.4. The summed E-state index contributed by atoms with van der Waals surface area (Å²) in [6.45, 7) is 10.0. The molecule has 0 amide bonds. The van der Waals surface area contributed by atoms with Gasteiger partial charge < -0.3 is 9.47 Å². The molecular weight excluding hydrogens is 300 g/mol. The molecule has 0 radical (unpaired) electrons. The topological polar surface area (TPSA) is 35.5 Å². The van der Waals surface area contributed by atoms with Crippen LogP contribution in [0.2, 0.25) is 0 Å². The molecule has 0 aliphatic heterocycles. The number of carbonyl (C=O) groups excluding carboxylic acids is 1. The molecule has 0 saturated carbocycles. The molecule has 24 heavy (non-hydrogen) atoms. The first-order valence-electron chi connectivity index (χ1n) is 8.17. The van der Waals surface area contributed by atoms with Crippen LogP contribution in [0.1, 0.15) is 36.8 Å². The maximum Gasteiger partial charge on any atom is 0.330 e. The van der Waals surface area contributed by atoms with Gasteiger partial charge in [-0.15, -0.1) is 0 Å². The monoisotopic (exact) mass is 324 g/mol. The average molecular weight is 324 g/mol. The highest BCUT2D eigenvalue weighted by atomic mass is 16.5. The van der Waals surface area contributed by atoms with Crippen molar-refractivity contribution in [2.45, 2.75) is 25.7 Å². The summed E-state index contributed by atoms with van der Waals surface area (Å²) in [4.78, 5) is 11.1. The van der Waals surface area contributed by atoms with Gasteiger partial charge in [-0.2, -0.15) is 0 Å². The second-order valence-corrected chi connectivity index (χ2v) is 5.78. The van der Waals surface area contributed by atoms with Crippen LogP contribution in [-0.2, 0) is 14.3 Å². The number of rotatable bonds is 8. The molecule has 1 aromatic carbocycles. The van der Waals surface area contributed by atoms with E-state index in [-0.39, 0.29) is 11.9 Å². The van der Waals surface area contributed by atoms with Crippen LogP contribution in [0.3, 0.4) is 0 Å². The van der Waals surface area contributed by atoms with E-state index in [0.717, 1.165) is 24.2 Å². The SMILES string of the molecule is C=CCOC1=CC=C(c2ccc(C(C)COC(=O)C=C)cc2)CC1. The van der Waals surface area contributed by atoms with E-state index < -0.39 is 0 Å². The van der Waals surface area contributed by atoms with Gasteiger partial charge >= 0.3 is 5.97 Å². The van der Waals surface area contributed by atoms with Gasteiger partial charge in [0.1, 0.15) is 6.61 Å². The van der Waals surface area contributed by atoms with E-state index in [1.165, 1.54) is 17.2 Å². The van der Waals surface area contributed by atoms with Crippen molar-refractivity contribution in [1.29, 1.82) is 0 Å². The molecule has 1 atom stereocenters. The molecule has 0 heterocycles. The summed E-state index contributed by atoms with van der Waals surface area (Å²) in [5.41, 5.74) is 3.67. The van der Waals surface area contributed by atoms with Gasteiger partial charge in [0, 0.05) is 18.4 Å². The minimum atomic E-state index is -0.382. The highest BCUT2D eigenvalue weighted by Crippen LogP contribution is 2.28. The predicted octanol–water partition coefficient (Wildman–Crippen LogP) is 4.78. The first kappa shape index (κ1) is 17.8. The largest absolute Gasteiger partial charge is 0.494 e. The van der Waals surface area contributed by atoms with Gasteiger partial charge in [-0.1, -0.05) is 56.5 Å². The highest BCUT2D eigenvalue weighted by molar-refractivity contribution is 5.81. The van der Waals surface area contributed by atoms with E-state index in [0.29, 0.717) is 13.2 Å². The second-order valence-electron chi connectivity index (χ2n) is 5.78. The standard InChI is InChI=1S/C21H24O3/c1-4-14-23-20-12-10-19(11-13-20)18-8-6-17(7-9-18)16(3)15-24-21(22)5-2/h4-10,12,16H,1-2,11,13-15H2,3H3. The third-order valence-corrected chi connectivity index (χ3v) is 3.99. The first-order chi connectivity index (χ1) is 11.6. The lowest BCUT2D eigenvalue weighted by Gasteiger charge is -2.16. The maximum atomic E-state index is 11.1. The van der Waals surface area contributed by atoms with Crippen molar-refractivity contribution in [1.82, 2.24) is 0 Å². The minimum absolute atomic E-state index is 0.155. The predicted molar refractivity (Wildman–Crippen MR) is 97.5 cm³/mol. The summed E-state index contributed by atoms with van der Waals surface area (Å²) in [6.07, 6.45) is 8.97. The molecule has 1 aliphatic rings. The number of esters is 1. The van der Waals surface area contributed by atoms with E-state index >= 15 is 0 Å². The van der Waals surface area contributed by atoms with E-state index in [1.54, 1.807) is 6.08 Å². The van der Waals surface area contributed by atoms with E-state index in [9.17, 15) is 4.79 Å². The van der Waals surface area contributed by atoms with Crippen molar-refractivity contribution in [2.24, 2.45) is 0 Å². The van der Waals surface area contributed by atoms with Crippen LogP contribution in [0.4, 0.5) is 0 Å². The Morgan fingerprint density at radius 2 is 1.96 bits per heavy atom. The quantitative estimate of drug-likeness (QED) is 0.392. The number of hydrogen-bond acceptors (Lipinski definition) is 3. The van der Waals surface area contributed by atoms with Crippen LogP contribution < -0.4 is 0 Å². The van der Waals surface area contributed by atoms with Crippen molar-refractivity contribution < 1.29 is 14.3 Å². The van der Waals surface area contributed by atoms with Gasteiger partial charge in [-0.05, 0) is 29.2 Å². The van der Waals surface area contributed by atoms with Crippen LogP contribution in [-0.4, -0.2) is 19.2 Å². The molecule has 2 rings (SSSR count). The number of benzene rings is 1.